The van der Waals surface area contributed by atoms with E-state index in [9.17, 15) is 0 Å². The van der Waals surface area contributed by atoms with Gasteiger partial charge in [-0.25, -0.2) is 15.0 Å². The molecule has 1 fully saturated rings. The average Bonchev–Trinajstić information content (AvgIpc) is 3.03. The summed E-state index contributed by atoms with van der Waals surface area (Å²) < 4.78 is 2.16. The first-order valence-electron chi connectivity index (χ1n) is 5.84. The van der Waals surface area contributed by atoms with E-state index in [4.69, 9.17) is 11.6 Å². The molecule has 1 saturated carbocycles. The maximum atomic E-state index is 6.02. The molecule has 2 aromatic heterocycles. The van der Waals surface area contributed by atoms with Crippen molar-refractivity contribution in [2.45, 2.75) is 18.9 Å². The van der Waals surface area contributed by atoms with Crippen molar-refractivity contribution in [2.24, 2.45) is 11.8 Å². The minimum absolute atomic E-state index is 0.437. The first kappa shape index (κ1) is 9.59. The lowest BCUT2D eigenvalue weighted by atomic mass is 10.0. The molecule has 86 valence electrons. The summed E-state index contributed by atoms with van der Waals surface area (Å²) in [7, 11) is 0. The highest BCUT2D eigenvalue weighted by Crippen LogP contribution is 2.46. The van der Waals surface area contributed by atoms with E-state index in [1.165, 1.54) is 19.2 Å². The second-order valence-corrected chi connectivity index (χ2v) is 5.19. The number of allylic oxidation sites excluding steroid dienone is 2. The summed E-state index contributed by atoms with van der Waals surface area (Å²) in [4.78, 5) is 12.6. The van der Waals surface area contributed by atoms with E-state index in [0.717, 1.165) is 11.6 Å². The monoisotopic (exact) mass is 246 g/mol. The van der Waals surface area contributed by atoms with Crippen LogP contribution in [-0.4, -0.2) is 19.5 Å². The minimum atomic E-state index is 0.437. The van der Waals surface area contributed by atoms with Crippen molar-refractivity contribution in [2.75, 3.05) is 0 Å². The number of nitrogens with zero attached hydrogens (tertiary/aromatic N) is 4. The Morgan fingerprint density at radius 1 is 1.18 bits per heavy atom. The van der Waals surface area contributed by atoms with E-state index in [-0.39, 0.29) is 0 Å². The van der Waals surface area contributed by atoms with Gasteiger partial charge in [0.2, 0.25) is 0 Å². The zero-order valence-corrected chi connectivity index (χ0v) is 9.88. The summed E-state index contributed by atoms with van der Waals surface area (Å²) in [5.41, 5.74) is 1.57. The Labute approximate surface area is 103 Å². The van der Waals surface area contributed by atoms with Gasteiger partial charge in [-0.15, -0.1) is 0 Å². The van der Waals surface area contributed by atoms with Gasteiger partial charge in [-0.05, 0) is 24.7 Å². The highest BCUT2D eigenvalue weighted by molar-refractivity contribution is 6.33. The Bertz CT molecular complexity index is 618. The van der Waals surface area contributed by atoms with Crippen LogP contribution in [0.25, 0.3) is 11.2 Å². The molecule has 0 aliphatic heterocycles. The Balaban J connectivity index is 1.87. The molecule has 0 amide bonds. The molecule has 2 heterocycles. The van der Waals surface area contributed by atoms with Crippen LogP contribution in [0.2, 0.25) is 5.15 Å². The number of aromatic nitrogens is 4. The highest BCUT2D eigenvalue weighted by atomic mass is 35.5. The van der Waals surface area contributed by atoms with Gasteiger partial charge in [-0.2, -0.15) is 0 Å². The van der Waals surface area contributed by atoms with Crippen LogP contribution >= 0.6 is 11.6 Å². The van der Waals surface area contributed by atoms with Crippen LogP contribution in [0.4, 0.5) is 0 Å². The molecule has 2 aliphatic rings. The predicted octanol–water partition coefficient (Wildman–Crippen LogP) is 2.62. The number of rotatable bonds is 1. The van der Waals surface area contributed by atoms with E-state index in [1.54, 1.807) is 0 Å². The lowest BCUT2D eigenvalue weighted by Crippen LogP contribution is -2.13. The van der Waals surface area contributed by atoms with E-state index < -0.39 is 0 Å². The average molecular weight is 247 g/mol. The van der Waals surface area contributed by atoms with Gasteiger partial charge >= 0.3 is 0 Å². The largest absolute Gasteiger partial charge is 0.311 e. The molecular formula is C12H11ClN4. The molecule has 0 saturated heterocycles. The maximum absolute atomic E-state index is 6.02. The van der Waals surface area contributed by atoms with E-state index >= 15 is 0 Å². The van der Waals surface area contributed by atoms with E-state index in [0.29, 0.717) is 22.6 Å². The fourth-order valence-electron chi connectivity index (χ4n) is 3.14. The van der Waals surface area contributed by atoms with E-state index in [1.807, 2.05) is 6.33 Å². The summed E-state index contributed by atoms with van der Waals surface area (Å²) in [6.45, 7) is 0. The van der Waals surface area contributed by atoms with Crippen LogP contribution in [-0.2, 0) is 0 Å². The Morgan fingerprint density at radius 2 is 2.12 bits per heavy atom. The normalized spacial score (nSPS) is 30.5. The fourth-order valence-corrected chi connectivity index (χ4v) is 3.31. The first-order valence-corrected chi connectivity index (χ1v) is 6.22. The van der Waals surface area contributed by atoms with Gasteiger partial charge in [0.15, 0.2) is 10.8 Å². The summed E-state index contributed by atoms with van der Waals surface area (Å²) in [6, 6.07) is 0.487. The summed E-state index contributed by atoms with van der Waals surface area (Å²) in [5.74, 6) is 1.37. The van der Waals surface area contributed by atoms with Crippen molar-refractivity contribution < 1.29 is 0 Å². The highest BCUT2D eigenvalue weighted by Gasteiger charge is 2.37. The molecule has 3 atom stereocenters. The molecule has 2 aromatic rings. The van der Waals surface area contributed by atoms with Gasteiger partial charge in [0.1, 0.15) is 11.8 Å². The third-order valence-corrected chi connectivity index (χ3v) is 4.19. The second-order valence-electron chi connectivity index (χ2n) is 4.84. The van der Waals surface area contributed by atoms with Gasteiger partial charge in [-0.1, -0.05) is 23.8 Å². The quantitative estimate of drug-likeness (QED) is 0.574. The zero-order chi connectivity index (χ0) is 11.4. The molecule has 4 rings (SSSR count). The number of halogens is 1. The topological polar surface area (TPSA) is 43.6 Å². The van der Waals surface area contributed by atoms with Gasteiger partial charge in [-0.3, -0.25) is 0 Å². The van der Waals surface area contributed by atoms with Crippen LogP contribution in [0.3, 0.4) is 0 Å². The Hall–Kier alpha value is -1.42. The molecule has 1 unspecified atom stereocenters. The molecule has 17 heavy (non-hydrogen) atoms. The minimum Gasteiger partial charge on any atom is -0.311 e. The van der Waals surface area contributed by atoms with Crippen molar-refractivity contribution in [3.8, 4) is 0 Å². The van der Waals surface area contributed by atoms with Crippen LogP contribution in [0.1, 0.15) is 18.9 Å². The van der Waals surface area contributed by atoms with Gasteiger partial charge in [0.25, 0.3) is 0 Å². The molecular weight excluding hydrogens is 236 g/mol. The number of fused-ring (bicyclic) bond motifs is 3. The molecule has 5 heteroatoms. The molecule has 0 radical (unpaired) electrons. The number of imidazole rings is 1. The third-order valence-electron chi connectivity index (χ3n) is 3.92. The van der Waals surface area contributed by atoms with Crippen LogP contribution in [0.5, 0.6) is 0 Å². The Kier molecular flexibility index (Phi) is 1.86. The predicted molar refractivity (Wildman–Crippen MR) is 64.7 cm³/mol. The number of hydrogen-bond acceptors (Lipinski definition) is 3. The van der Waals surface area contributed by atoms with Crippen molar-refractivity contribution >= 4 is 22.8 Å². The molecule has 0 N–H and O–H groups in total. The van der Waals surface area contributed by atoms with E-state index in [2.05, 4.69) is 31.7 Å². The van der Waals surface area contributed by atoms with Gasteiger partial charge in [0, 0.05) is 6.04 Å². The molecule has 0 spiro atoms. The first-order chi connectivity index (χ1) is 8.33. The lowest BCUT2D eigenvalue weighted by molar-refractivity contribution is 0.440. The van der Waals surface area contributed by atoms with Gasteiger partial charge in [0.05, 0.1) is 6.33 Å². The van der Waals surface area contributed by atoms with Crippen LogP contribution < -0.4 is 0 Å². The van der Waals surface area contributed by atoms with Crippen molar-refractivity contribution in [3.63, 3.8) is 0 Å². The second kappa shape index (κ2) is 3.29. The molecule has 2 aliphatic carbocycles. The standard InChI is InChI=1S/C12H11ClN4/c13-11-10-12(15-5-14-11)17(6-16-10)9-4-7-1-2-8(9)3-7/h1-2,5-9H,3-4H2/t7-,8+,9?/m1/s1. The van der Waals surface area contributed by atoms with Crippen molar-refractivity contribution in [1.82, 2.24) is 19.5 Å². The maximum Gasteiger partial charge on any atom is 0.165 e. The molecule has 4 nitrogen and oxygen atoms in total. The lowest BCUT2D eigenvalue weighted by Gasteiger charge is -2.19. The van der Waals surface area contributed by atoms with Crippen molar-refractivity contribution in [3.05, 3.63) is 30.0 Å². The molecule has 2 bridgehead atoms. The smallest absolute Gasteiger partial charge is 0.165 e. The SMILES string of the molecule is Clc1ncnc2c1ncn2C1C[C@@H]2C=C[C@H]1C2. The van der Waals surface area contributed by atoms with Gasteiger partial charge < -0.3 is 4.57 Å². The fraction of sp³-hybridized carbons (Fsp3) is 0.417. The van der Waals surface area contributed by atoms with Crippen LogP contribution in [0.15, 0.2) is 24.8 Å². The number of hydrogen-bond donors (Lipinski definition) is 0. The van der Waals surface area contributed by atoms with Crippen LogP contribution in [0, 0.1) is 11.8 Å². The zero-order valence-electron chi connectivity index (χ0n) is 9.12. The summed E-state index contributed by atoms with van der Waals surface area (Å²) in [6.07, 6.45) is 10.5. The Morgan fingerprint density at radius 3 is 2.88 bits per heavy atom. The van der Waals surface area contributed by atoms with Crippen molar-refractivity contribution in [1.29, 1.82) is 0 Å². The third kappa shape index (κ3) is 1.27. The molecule has 0 aromatic carbocycles. The summed E-state index contributed by atoms with van der Waals surface area (Å²) >= 11 is 6.02. The summed E-state index contributed by atoms with van der Waals surface area (Å²) in [5, 5.41) is 0.437.